The Morgan fingerprint density at radius 3 is 0.872 bits per heavy atom. The molecular formula is C40H28N2O5. The van der Waals surface area contributed by atoms with Gasteiger partial charge in [-0.25, -0.2) is 0 Å². The van der Waals surface area contributed by atoms with Gasteiger partial charge in [-0.2, -0.15) is 0 Å². The standard InChI is InChI=1S/C40H28N2O5/c41-33-15-7-25(8-16-33)37(43)29-3-1-5-31(23-29)39(45)27-11-19-35(20-12-27)47-36-21-13-28(14-22-36)40(46)32-6-2-4-30(24-32)38(44)26-9-17-34(42)18-10-26/h1-24H,41-42H2. The second-order valence-corrected chi connectivity index (χ2v) is 10.9. The zero-order valence-corrected chi connectivity index (χ0v) is 25.1. The largest absolute Gasteiger partial charge is 0.457 e. The molecule has 0 atom stereocenters. The first-order valence-electron chi connectivity index (χ1n) is 14.7. The van der Waals surface area contributed by atoms with Crippen molar-refractivity contribution in [2.24, 2.45) is 0 Å². The molecule has 6 aromatic carbocycles. The molecule has 0 aliphatic carbocycles. The third-order valence-electron chi connectivity index (χ3n) is 7.59. The molecule has 47 heavy (non-hydrogen) atoms. The Kier molecular flexibility index (Phi) is 8.53. The molecule has 0 saturated carbocycles. The highest BCUT2D eigenvalue weighted by molar-refractivity contribution is 6.14. The van der Waals surface area contributed by atoms with Crippen molar-refractivity contribution in [1.82, 2.24) is 0 Å². The highest BCUT2D eigenvalue weighted by atomic mass is 16.5. The smallest absolute Gasteiger partial charge is 0.193 e. The summed E-state index contributed by atoms with van der Waals surface area (Å²) in [5.41, 5.74) is 16.0. The Hall–Kier alpha value is -6.60. The fourth-order valence-electron chi connectivity index (χ4n) is 5.02. The summed E-state index contributed by atoms with van der Waals surface area (Å²) in [6, 6.07) is 39.8. The molecule has 228 valence electrons. The van der Waals surface area contributed by atoms with E-state index in [1.807, 2.05) is 0 Å². The zero-order chi connectivity index (χ0) is 32.9. The number of carbonyl (C=O) groups is 4. The van der Waals surface area contributed by atoms with Crippen molar-refractivity contribution < 1.29 is 23.9 Å². The van der Waals surface area contributed by atoms with Crippen molar-refractivity contribution in [3.8, 4) is 11.5 Å². The van der Waals surface area contributed by atoms with Gasteiger partial charge >= 0.3 is 0 Å². The van der Waals surface area contributed by atoms with E-state index in [1.54, 1.807) is 146 Å². The van der Waals surface area contributed by atoms with Gasteiger partial charge in [-0.05, 0) is 109 Å². The van der Waals surface area contributed by atoms with Crippen LogP contribution in [0.25, 0.3) is 0 Å². The molecule has 0 aliphatic rings. The third kappa shape index (κ3) is 6.90. The fourth-order valence-corrected chi connectivity index (χ4v) is 5.02. The lowest BCUT2D eigenvalue weighted by atomic mass is 9.97. The second-order valence-electron chi connectivity index (χ2n) is 10.9. The highest BCUT2D eigenvalue weighted by Gasteiger charge is 2.16. The van der Waals surface area contributed by atoms with Crippen LogP contribution in [0.1, 0.15) is 63.7 Å². The minimum absolute atomic E-state index is 0.200. The lowest BCUT2D eigenvalue weighted by molar-refractivity contribution is 0.102. The van der Waals surface area contributed by atoms with Crippen LogP contribution in [0.2, 0.25) is 0 Å². The summed E-state index contributed by atoms with van der Waals surface area (Å²) in [7, 11) is 0. The molecule has 0 fully saturated rings. The molecular weight excluding hydrogens is 588 g/mol. The lowest BCUT2D eigenvalue weighted by Crippen LogP contribution is -2.06. The number of nitrogens with two attached hydrogens (primary N) is 2. The van der Waals surface area contributed by atoms with Crippen LogP contribution in [-0.2, 0) is 0 Å². The molecule has 0 aliphatic heterocycles. The molecule has 0 saturated heterocycles. The van der Waals surface area contributed by atoms with Gasteiger partial charge in [0, 0.05) is 55.9 Å². The van der Waals surface area contributed by atoms with Crippen LogP contribution in [-0.4, -0.2) is 23.1 Å². The van der Waals surface area contributed by atoms with Crippen molar-refractivity contribution >= 4 is 34.5 Å². The molecule has 0 radical (unpaired) electrons. The Morgan fingerprint density at radius 1 is 0.340 bits per heavy atom. The summed E-state index contributed by atoms with van der Waals surface area (Å²) in [6.45, 7) is 0. The maximum absolute atomic E-state index is 13.2. The van der Waals surface area contributed by atoms with Crippen molar-refractivity contribution in [3.05, 3.63) is 190 Å². The number of carbonyl (C=O) groups excluding carboxylic acids is 4. The first-order valence-corrected chi connectivity index (χ1v) is 14.7. The first kappa shape index (κ1) is 30.4. The number of ether oxygens (including phenoxy) is 1. The summed E-state index contributed by atoms with van der Waals surface area (Å²) in [5.74, 6) is 0.142. The van der Waals surface area contributed by atoms with E-state index in [-0.39, 0.29) is 23.1 Å². The number of ketones is 4. The second kappa shape index (κ2) is 13.2. The van der Waals surface area contributed by atoms with Crippen molar-refractivity contribution in [3.63, 3.8) is 0 Å². The van der Waals surface area contributed by atoms with Gasteiger partial charge in [-0.1, -0.05) is 36.4 Å². The van der Waals surface area contributed by atoms with Crippen LogP contribution in [0.5, 0.6) is 11.5 Å². The molecule has 0 bridgehead atoms. The number of hydrogen-bond acceptors (Lipinski definition) is 7. The molecule has 0 amide bonds. The number of hydrogen-bond donors (Lipinski definition) is 2. The Morgan fingerprint density at radius 2 is 0.596 bits per heavy atom. The molecule has 0 unspecified atom stereocenters. The van der Waals surface area contributed by atoms with Gasteiger partial charge in [0.1, 0.15) is 11.5 Å². The van der Waals surface area contributed by atoms with Gasteiger partial charge in [0.05, 0.1) is 0 Å². The number of anilines is 2. The Balaban J connectivity index is 1.10. The van der Waals surface area contributed by atoms with Crippen LogP contribution in [0.4, 0.5) is 11.4 Å². The quantitative estimate of drug-likeness (QED) is 0.120. The average molecular weight is 617 g/mol. The summed E-state index contributed by atoms with van der Waals surface area (Å²) < 4.78 is 5.95. The molecule has 0 aromatic heterocycles. The molecule has 7 heteroatoms. The van der Waals surface area contributed by atoms with Gasteiger partial charge in [-0.15, -0.1) is 0 Å². The Bertz CT molecular complexity index is 1960. The zero-order valence-electron chi connectivity index (χ0n) is 25.1. The van der Waals surface area contributed by atoms with Crippen LogP contribution in [0.15, 0.2) is 146 Å². The Labute approximate surface area is 271 Å². The van der Waals surface area contributed by atoms with Crippen LogP contribution < -0.4 is 16.2 Å². The predicted octanol–water partition coefficient (Wildman–Crippen LogP) is 7.57. The molecule has 6 aromatic rings. The van der Waals surface area contributed by atoms with Gasteiger partial charge in [0.15, 0.2) is 23.1 Å². The van der Waals surface area contributed by atoms with E-state index in [2.05, 4.69) is 0 Å². The minimum atomic E-state index is -0.231. The number of nitrogen functional groups attached to an aromatic ring is 2. The molecule has 0 heterocycles. The maximum atomic E-state index is 13.2. The summed E-state index contributed by atoms with van der Waals surface area (Å²) >= 11 is 0. The van der Waals surface area contributed by atoms with E-state index in [0.29, 0.717) is 67.4 Å². The first-order chi connectivity index (χ1) is 22.7. The van der Waals surface area contributed by atoms with E-state index in [4.69, 9.17) is 16.2 Å². The van der Waals surface area contributed by atoms with Crippen molar-refractivity contribution in [1.29, 1.82) is 0 Å². The highest BCUT2D eigenvalue weighted by Crippen LogP contribution is 2.25. The maximum Gasteiger partial charge on any atom is 0.193 e. The SMILES string of the molecule is Nc1ccc(C(=O)c2cccc(C(=O)c3ccc(Oc4ccc(C(=O)c5cccc(C(=O)c6ccc(N)cc6)c5)cc4)cc3)c2)cc1. The van der Waals surface area contributed by atoms with Crippen molar-refractivity contribution in [2.75, 3.05) is 11.5 Å². The number of rotatable bonds is 10. The summed E-state index contributed by atoms with van der Waals surface area (Å²) in [6.07, 6.45) is 0. The predicted molar refractivity (Wildman–Crippen MR) is 181 cm³/mol. The molecule has 4 N–H and O–H groups in total. The third-order valence-corrected chi connectivity index (χ3v) is 7.59. The number of benzene rings is 6. The average Bonchev–Trinajstić information content (AvgIpc) is 3.12. The summed E-state index contributed by atoms with van der Waals surface area (Å²) in [5, 5.41) is 0. The van der Waals surface area contributed by atoms with Gasteiger partial charge in [-0.3, -0.25) is 19.2 Å². The lowest BCUT2D eigenvalue weighted by Gasteiger charge is -2.09. The summed E-state index contributed by atoms with van der Waals surface area (Å²) in [4.78, 5) is 52.2. The van der Waals surface area contributed by atoms with E-state index in [0.717, 1.165) is 0 Å². The van der Waals surface area contributed by atoms with E-state index >= 15 is 0 Å². The van der Waals surface area contributed by atoms with Gasteiger partial charge < -0.3 is 16.2 Å². The van der Waals surface area contributed by atoms with Gasteiger partial charge in [0.2, 0.25) is 0 Å². The normalized spacial score (nSPS) is 10.6. The van der Waals surface area contributed by atoms with E-state index in [1.165, 1.54) is 0 Å². The molecule has 7 nitrogen and oxygen atoms in total. The van der Waals surface area contributed by atoms with Crippen LogP contribution in [0, 0.1) is 0 Å². The minimum Gasteiger partial charge on any atom is -0.457 e. The topological polar surface area (TPSA) is 130 Å². The van der Waals surface area contributed by atoms with Crippen LogP contribution in [0.3, 0.4) is 0 Å². The monoisotopic (exact) mass is 616 g/mol. The van der Waals surface area contributed by atoms with Crippen LogP contribution >= 0.6 is 0 Å². The molecule has 0 spiro atoms. The van der Waals surface area contributed by atoms with Crippen molar-refractivity contribution in [2.45, 2.75) is 0 Å². The molecule has 6 rings (SSSR count). The van der Waals surface area contributed by atoms with E-state index in [9.17, 15) is 19.2 Å². The van der Waals surface area contributed by atoms with E-state index < -0.39 is 0 Å². The fraction of sp³-hybridized carbons (Fsp3) is 0. The van der Waals surface area contributed by atoms with Gasteiger partial charge in [0.25, 0.3) is 0 Å².